The predicted molar refractivity (Wildman–Crippen MR) is 104 cm³/mol. The average molecular weight is 346 g/mol. The van der Waals surface area contributed by atoms with Crippen molar-refractivity contribution in [1.82, 2.24) is 5.32 Å². The third-order valence-electron chi connectivity index (χ3n) is 5.28. The van der Waals surface area contributed by atoms with Crippen molar-refractivity contribution in [2.75, 3.05) is 18.5 Å². The van der Waals surface area contributed by atoms with E-state index in [1.54, 1.807) is 0 Å². The molecule has 0 fully saturated rings. The quantitative estimate of drug-likeness (QED) is 0.665. The molecule has 26 heavy (non-hydrogen) atoms. The number of nitrogens with one attached hydrogen (secondary N) is 2. The standard InChI is InChI=1S/C22H22N2O2/c25-15-22(13-12-17-7-2-4-10-19(17)22)23-14-21(26)24-20-11-5-8-16-6-1-3-9-18(16)20/h1-11,23,25H,12-15H2,(H,24,26). The lowest BCUT2D eigenvalue weighted by atomic mass is 9.92. The third kappa shape index (κ3) is 2.98. The zero-order valence-electron chi connectivity index (χ0n) is 14.5. The molecule has 0 saturated heterocycles. The lowest BCUT2D eigenvalue weighted by Gasteiger charge is -2.29. The van der Waals surface area contributed by atoms with E-state index in [9.17, 15) is 9.90 Å². The minimum Gasteiger partial charge on any atom is -0.394 e. The number of hydrogen-bond acceptors (Lipinski definition) is 3. The Morgan fingerprint density at radius 1 is 1.00 bits per heavy atom. The van der Waals surface area contributed by atoms with Crippen LogP contribution in [0.25, 0.3) is 10.8 Å². The number of carbonyl (C=O) groups excluding carboxylic acids is 1. The molecule has 0 spiro atoms. The lowest BCUT2D eigenvalue weighted by molar-refractivity contribution is -0.115. The number of aryl methyl sites for hydroxylation is 1. The zero-order chi connectivity index (χ0) is 18.0. The van der Waals surface area contributed by atoms with E-state index in [0.29, 0.717) is 0 Å². The molecular formula is C22H22N2O2. The van der Waals surface area contributed by atoms with Crippen molar-refractivity contribution >= 4 is 22.4 Å². The summed E-state index contributed by atoms with van der Waals surface area (Å²) in [6.45, 7) is 0.129. The highest BCUT2D eigenvalue weighted by Gasteiger charge is 2.37. The van der Waals surface area contributed by atoms with Gasteiger partial charge < -0.3 is 10.4 Å². The molecule has 0 aromatic heterocycles. The van der Waals surface area contributed by atoms with Crippen molar-refractivity contribution in [3.05, 3.63) is 77.9 Å². The number of amides is 1. The first kappa shape index (κ1) is 16.8. The van der Waals surface area contributed by atoms with E-state index in [1.165, 1.54) is 5.56 Å². The summed E-state index contributed by atoms with van der Waals surface area (Å²) in [6, 6.07) is 22.0. The normalized spacial score (nSPS) is 18.7. The maximum Gasteiger partial charge on any atom is 0.238 e. The van der Waals surface area contributed by atoms with Crippen LogP contribution in [-0.2, 0) is 16.8 Å². The van der Waals surface area contributed by atoms with Crippen molar-refractivity contribution in [2.24, 2.45) is 0 Å². The number of fused-ring (bicyclic) bond motifs is 2. The topological polar surface area (TPSA) is 61.4 Å². The Labute approximate surface area is 152 Å². The van der Waals surface area contributed by atoms with E-state index in [0.717, 1.165) is 34.9 Å². The molecule has 132 valence electrons. The van der Waals surface area contributed by atoms with Gasteiger partial charge in [0.2, 0.25) is 5.91 Å². The minimum atomic E-state index is -0.535. The molecule has 1 atom stereocenters. The molecule has 4 heteroatoms. The summed E-state index contributed by atoms with van der Waals surface area (Å²) in [5.74, 6) is -0.112. The lowest BCUT2D eigenvalue weighted by Crippen LogP contribution is -2.47. The van der Waals surface area contributed by atoms with Crippen LogP contribution in [0.2, 0.25) is 0 Å². The summed E-state index contributed by atoms with van der Waals surface area (Å²) in [5, 5.41) is 18.4. The Morgan fingerprint density at radius 2 is 1.77 bits per heavy atom. The molecule has 3 N–H and O–H groups in total. The number of benzene rings is 3. The van der Waals surface area contributed by atoms with E-state index in [-0.39, 0.29) is 19.1 Å². The van der Waals surface area contributed by atoms with Gasteiger partial charge in [-0.15, -0.1) is 0 Å². The molecule has 1 aliphatic carbocycles. The summed E-state index contributed by atoms with van der Waals surface area (Å²) in [7, 11) is 0. The van der Waals surface area contributed by atoms with E-state index >= 15 is 0 Å². The van der Waals surface area contributed by atoms with Crippen LogP contribution in [0.4, 0.5) is 5.69 Å². The van der Waals surface area contributed by atoms with Crippen LogP contribution in [0.5, 0.6) is 0 Å². The molecule has 1 unspecified atom stereocenters. The van der Waals surface area contributed by atoms with Crippen molar-refractivity contribution < 1.29 is 9.90 Å². The van der Waals surface area contributed by atoms with Crippen LogP contribution in [0.15, 0.2) is 66.7 Å². The third-order valence-corrected chi connectivity index (χ3v) is 5.28. The Hall–Kier alpha value is -2.69. The largest absolute Gasteiger partial charge is 0.394 e. The molecule has 4 nitrogen and oxygen atoms in total. The fraction of sp³-hybridized carbons (Fsp3) is 0.227. The van der Waals surface area contributed by atoms with Gasteiger partial charge in [-0.25, -0.2) is 0 Å². The first-order valence-electron chi connectivity index (χ1n) is 8.94. The van der Waals surface area contributed by atoms with Crippen LogP contribution >= 0.6 is 0 Å². The second-order valence-corrected chi connectivity index (χ2v) is 6.83. The van der Waals surface area contributed by atoms with Crippen molar-refractivity contribution in [3.63, 3.8) is 0 Å². The summed E-state index contributed by atoms with van der Waals surface area (Å²) in [5.41, 5.74) is 2.61. The highest BCUT2D eigenvalue weighted by Crippen LogP contribution is 2.36. The van der Waals surface area contributed by atoms with Gasteiger partial charge in [0.05, 0.1) is 18.7 Å². The smallest absolute Gasteiger partial charge is 0.238 e. The molecule has 4 rings (SSSR count). The molecule has 1 amide bonds. The van der Waals surface area contributed by atoms with E-state index < -0.39 is 5.54 Å². The summed E-state index contributed by atoms with van der Waals surface area (Å²) in [4.78, 5) is 12.5. The van der Waals surface area contributed by atoms with E-state index in [4.69, 9.17) is 0 Å². The van der Waals surface area contributed by atoms with Crippen LogP contribution in [-0.4, -0.2) is 24.2 Å². The second kappa shape index (κ2) is 6.90. The SMILES string of the molecule is O=C(CNC1(CO)CCc2ccccc21)Nc1cccc2ccccc12. The first-order chi connectivity index (χ1) is 12.7. The fourth-order valence-electron chi connectivity index (χ4n) is 3.87. The number of rotatable bonds is 5. The van der Waals surface area contributed by atoms with E-state index in [1.807, 2.05) is 60.7 Å². The van der Waals surface area contributed by atoms with Crippen molar-refractivity contribution in [1.29, 1.82) is 0 Å². The van der Waals surface area contributed by atoms with E-state index in [2.05, 4.69) is 16.7 Å². The Kier molecular flexibility index (Phi) is 4.45. The number of aliphatic hydroxyl groups excluding tert-OH is 1. The monoisotopic (exact) mass is 346 g/mol. The van der Waals surface area contributed by atoms with Crippen molar-refractivity contribution in [2.45, 2.75) is 18.4 Å². The van der Waals surface area contributed by atoms with Gasteiger partial charge in [0.25, 0.3) is 0 Å². The van der Waals surface area contributed by atoms with Gasteiger partial charge in [0.15, 0.2) is 0 Å². The molecule has 0 bridgehead atoms. The fourth-order valence-corrected chi connectivity index (χ4v) is 3.87. The Balaban J connectivity index is 1.49. The molecule has 0 radical (unpaired) electrons. The number of aliphatic hydroxyl groups is 1. The van der Waals surface area contributed by atoms with Gasteiger partial charge >= 0.3 is 0 Å². The first-order valence-corrected chi connectivity index (χ1v) is 8.94. The van der Waals surface area contributed by atoms with Crippen LogP contribution in [0.1, 0.15) is 17.5 Å². The van der Waals surface area contributed by atoms with Gasteiger partial charge in [0, 0.05) is 11.1 Å². The van der Waals surface area contributed by atoms with Crippen LogP contribution < -0.4 is 10.6 Å². The maximum absolute atomic E-state index is 12.5. The highest BCUT2D eigenvalue weighted by atomic mass is 16.3. The Morgan fingerprint density at radius 3 is 2.65 bits per heavy atom. The van der Waals surface area contributed by atoms with Gasteiger partial charge in [-0.3, -0.25) is 10.1 Å². The molecular weight excluding hydrogens is 324 g/mol. The summed E-state index contributed by atoms with van der Waals surface area (Å²) < 4.78 is 0. The molecule has 3 aromatic rings. The zero-order valence-corrected chi connectivity index (χ0v) is 14.5. The molecule has 0 saturated carbocycles. The second-order valence-electron chi connectivity index (χ2n) is 6.83. The summed E-state index contributed by atoms with van der Waals surface area (Å²) >= 11 is 0. The number of anilines is 1. The van der Waals surface area contributed by atoms with Gasteiger partial charge in [-0.1, -0.05) is 60.7 Å². The predicted octanol–water partition coefficient (Wildman–Crippen LogP) is 3.20. The molecule has 1 aliphatic rings. The van der Waals surface area contributed by atoms with Crippen LogP contribution in [0, 0.1) is 0 Å². The van der Waals surface area contributed by atoms with Crippen molar-refractivity contribution in [3.8, 4) is 0 Å². The number of hydrogen-bond donors (Lipinski definition) is 3. The molecule has 0 heterocycles. The highest BCUT2D eigenvalue weighted by molar-refractivity contribution is 6.02. The minimum absolute atomic E-state index is 0.0223. The van der Waals surface area contributed by atoms with Crippen LogP contribution in [0.3, 0.4) is 0 Å². The summed E-state index contributed by atoms with van der Waals surface area (Å²) in [6.07, 6.45) is 1.71. The van der Waals surface area contributed by atoms with Gasteiger partial charge in [0.1, 0.15) is 0 Å². The number of carbonyl (C=O) groups is 1. The maximum atomic E-state index is 12.5. The van der Waals surface area contributed by atoms with Gasteiger partial charge in [-0.2, -0.15) is 0 Å². The molecule has 3 aromatic carbocycles. The molecule has 0 aliphatic heterocycles. The Bertz CT molecular complexity index is 948. The van der Waals surface area contributed by atoms with Gasteiger partial charge in [-0.05, 0) is 35.4 Å². The average Bonchev–Trinajstić information content (AvgIpc) is 3.06.